The molecule has 0 bridgehead atoms. The molecule has 5 amide bonds. The minimum atomic E-state index is -1.01. The second-order valence-electron chi connectivity index (χ2n) is 16.6. The number of rotatable bonds is 14. The lowest BCUT2D eigenvalue weighted by molar-refractivity contribution is -0.164. The fourth-order valence-corrected chi connectivity index (χ4v) is 9.29. The predicted octanol–water partition coefficient (Wildman–Crippen LogP) is 4.26. The molecule has 4 heterocycles. The number of nitriles is 1. The Morgan fingerprint density at radius 3 is 2.44 bits per heavy atom. The third-order valence-corrected chi connectivity index (χ3v) is 12.2. The van der Waals surface area contributed by atoms with Crippen molar-refractivity contribution in [3.05, 3.63) is 82.0 Å². The van der Waals surface area contributed by atoms with Gasteiger partial charge in [-0.3, -0.25) is 39.1 Å². The highest BCUT2D eigenvalue weighted by Crippen LogP contribution is 2.55. The van der Waals surface area contributed by atoms with Gasteiger partial charge in [0.1, 0.15) is 29.8 Å². The normalized spacial score (nSPS) is 22.3. The zero-order valence-electron chi connectivity index (χ0n) is 33.7. The minimum Gasteiger partial charge on any atom is -0.489 e. The topological polar surface area (TPSA) is 186 Å². The number of carbonyl (C=O) groups is 5. The maximum atomic E-state index is 13.4. The molecule has 1 unspecified atom stereocenters. The van der Waals surface area contributed by atoms with Crippen LogP contribution in [0.5, 0.6) is 5.75 Å². The van der Waals surface area contributed by atoms with Crippen LogP contribution >= 0.6 is 11.6 Å². The second kappa shape index (κ2) is 17.0. The number of amides is 5. The number of piperazine rings is 1. The molecule has 3 fully saturated rings. The number of nitrogens with one attached hydrogen (secondary N) is 3. The van der Waals surface area contributed by atoms with Gasteiger partial charge >= 0.3 is 0 Å². The molecule has 2 saturated heterocycles. The molecule has 3 aliphatic heterocycles. The smallest absolute Gasteiger partial charge is 0.264 e. The lowest BCUT2D eigenvalue weighted by Crippen LogP contribution is -2.74. The van der Waals surface area contributed by atoms with Crippen molar-refractivity contribution < 1.29 is 33.4 Å². The van der Waals surface area contributed by atoms with Crippen molar-refractivity contribution in [1.29, 1.82) is 5.26 Å². The van der Waals surface area contributed by atoms with Gasteiger partial charge in [-0.1, -0.05) is 45.4 Å². The third kappa shape index (κ3) is 8.35. The number of nitrogens with zero attached hydrogens (tertiary/aromatic N) is 5. The van der Waals surface area contributed by atoms with Crippen molar-refractivity contribution in [2.75, 3.05) is 62.7 Å². The second-order valence-corrected chi connectivity index (χ2v) is 17.0. The average Bonchev–Trinajstić information content (AvgIpc) is 3.47. The fourth-order valence-electron chi connectivity index (χ4n) is 9.07. The van der Waals surface area contributed by atoms with Gasteiger partial charge < -0.3 is 25.0 Å². The fraction of sp³-hybridized carbons (Fsp3) is 0.465. The van der Waals surface area contributed by atoms with E-state index in [1.54, 1.807) is 42.6 Å². The van der Waals surface area contributed by atoms with E-state index in [1.165, 1.54) is 0 Å². The summed E-state index contributed by atoms with van der Waals surface area (Å²) in [4.78, 5) is 73.9. The van der Waals surface area contributed by atoms with E-state index in [-0.39, 0.29) is 52.9 Å². The Morgan fingerprint density at radius 2 is 1.76 bits per heavy atom. The van der Waals surface area contributed by atoms with E-state index in [1.807, 2.05) is 12.1 Å². The summed E-state index contributed by atoms with van der Waals surface area (Å²) >= 11 is 6.23. The van der Waals surface area contributed by atoms with E-state index in [0.29, 0.717) is 53.8 Å². The van der Waals surface area contributed by atoms with Crippen LogP contribution in [0.25, 0.3) is 0 Å². The van der Waals surface area contributed by atoms with Gasteiger partial charge in [-0.05, 0) is 49.2 Å². The molecule has 2 aromatic carbocycles. The quantitative estimate of drug-likeness (QED) is 0.155. The Balaban J connectivity index is 0.803. The summed E-state index contributed by atoms with van der Waals surface area (Å²) in [5.74, 6) is -0.905. The lowest BCUT2D eigenvalue weighted by Gasteiger charge is -2.63. The largest absolute Gasteiger partial charge is 0.489 e. The van der Waals surface area contributed by atoms with Gasteiger partial charge in [0.15, 0.2) is 0 Å². The third-order valence-electron chi connectivity index (χ3n) is 11.9. The number of aromatic nitrogens is 1. The van der Waals surface area contributed by atoms with Crippen molar-refractivity contribution >= 4 is 52.6 Å². The van der Waals surface area contributed by atoms with Crippen LogP contribution in [0.1, 0.15) is 83.6 Å². The maximum absolute atomic E-state index is 13.4. The summed E-state index contributed by atoms with van der Waals surface area (Å²) in [5.41, 5.74) is 1.13. The number of pyridine rings is 1. The molecule has 59 heavy (non-hydrogen) atoms. The summed E-state index contributed by atoms with van der Waals surface area (Å²) in [6.45, 7) is 14.0. The number of benzene rings is 2. The van der Waals surface area contributed by atoms with Crippen molar-refractivity contribution in [2.45, 2.75) is 65.1 Å². The van der Waals surface area contributed by atoms with Crippen molar-refractivity contribution in [3.63, 3.8) is 0 Å². The van der Waals surface area contributed by atoms with Crippen LogP contribution in [0.3, 0.4) is 0 Å². The van der Waals surface area contributed by atoms with E-state index < -0.39 is 29.7 Å². The van der Waals surface area contributed by atoms with Crippen LogP contribution in [0.15, 0.2) is 54.7 Å². The Kier molecular flexibility index (Phi) is 12.0. The molecular formula is C43H49ClN8O7. The zero-order valence-corrected chi connectivity index (χ0v) is 34.4. The first-order valence-electron chi connectivity index (χ1n) is 20.0. The predicted molar refractivity (Wildman–Crippen MR) is 219 cm³/mol. The number of fused-ring (bicyclic) bond motifs is 1. The molecule has 16 heteroatoms. The minimum absolute atomic E-state index is 0.0690. The van der Waals surface area contributed by atoms with Crippen LogP contribution in [0, 0.1) is 22.2 Å². The first-order valence-corrected chi connectivity index (χ1v) is 20.3. The number of piperidine rings is 1. The summed E-state index contributed by atoms with van der Waals surface area (Å²) in [7, 11) is 0. The van der Waals surface area contributed by atoms with Gasteiger partial charge in [-0.25, -0.2) is 4.98 Å². The standard InChI is InChI=1S/C43H49ClN8O7/c1-42(2)40(43(3,4)41(42)59-28-11-9-26(24-45)30(44)23-28)49-36(54)27-10-13-33(47-25-27)51-18-16-50(17-19-51)20-22-58-21-6-15-46-31-8-5-7-29-35(31)39(57)52(38(29)56)32-12-14-34(53)48-37(32)55/h5,7-11,13,23,25,32,40-41,46H,6,12,14-22H2,1-4H3,(H,49,54)(H,48,53,55)/t32?,40-,41-. The number of halogens is 1. The number of anilines is 2. The molecular weight excluding hydrogens is 776 g/mol. The first kappa shape index (κ1) is 41.6. The van der Waals surface area contributed by atoms with E-state index in [2.05, 4.69) is 64.5 Å². The summed E-state index contributed by atoms with van der Waals surface area (Å²) in [6.07, 6.45) is 2.28. The van der Waals surface area contributed by atoms with E-state index >= 15 is 0 Å². The summed E-state index contributed by atoms with van der Waals surface area (Å²) in [5, 5.41) is 18.2. The Bertz CT molecular complexity index is 2160. The molecule has 1 aliphatic carbocycles. The Hall–Kier alpha value is -5.56. The highest BCUT2D eigenvalue weighted by molar-refractivity contribution is 6.31. The molecule has 1 atom stereocenters. The summed E-state index contributed by atoms with van der Waals surface area (Å²) < 4.78 is 12.3. The highest BCUT2D eigenvalue weighted by atomic mass is 35.5. The molecule has 3 N–H and O–H groups in total. The van der Waals surface area contributed by atoms with Crippen LogP contribution < -0.4 is 25.6 Å². The van der Waals surface area contributed by atoms with Gasteiger partial charge in [0.2, 0.25) is 11.8 Å². The molecule has 1 saturated carbocycles. The SMILES string of the molecule is CC1(C)[C@H](NC(=O)c2ccc(N3CCN(CCOCCCNc4cccc5c4C(=O)N(C4CCC(=O)NC4=O)C5=O)CC3)nc2)C(C)(C)[C@H]1Oc1ccc(C#N)c(Cl)c1. The number of hydrogen-bond acceptors (Lipinski definition) is 12. The molecule has 15 nitrogen and oxygen atoms in total. The number of hydrogen-bond donors (Lipinski definition) is 3. The molecule has 1 aromatic heterocycles. The molecule has 7 rings (SSSR count). The lowest BCUT2D eigenvalue weighted by atomic mass is 9.49. The van der Waals surface area contributed by atoms with Gasteiger partial charge in [0.05, 0.1) is 33.9 Å². The monoisotopic (exact) mass is 824 g/mol. The van der Waals surface area contributed by atoms with Crippen LogP contribution in [0.4, 0.5) is 11.5 Å². The molecule has 310 valence electrons. The summed E-state index contributed by atoms with van der Waals surface area (Å²) in [6, 6.07) is 14.7. The molecule has 3 aromatic rings. The number of ether oxygens (including phenoxy) is 2. The van der Waals surface area contributed by atoms with E-state index in [4.69, 9.17) is 21.1 Å². The number of carbonyl (C=O) groups excluding carboxylic acids is 5. The van der Waals surface area contributed by atoms with Crippen molar-refractivity contribution in [1.82, 2.24) is 25.4 Å². The van der Waals surface area contributed by atoms with Crippen LogP contribution in [-0.2, 0) is 14.3 Å². The van der Waals surface area contributed by atoms with Gasteiger partial charge in [0.25, 0.3) is 17.7 Å². The van der Waals surface area contributed by atoms with E-state index in [0.717, 1.165) is 43.4 Å². The molecule has 4 aliphatic rings. The highest BCUT2D eigenvalue weighted by Gasteiger charge is 2.64. The molecule has 0 spiro atoms. The molecule has 0 radical (unpaired) electrons. The van der Waals surface area contributed by atoms with Gasteiger partial charge in [-0.2, -0.15) is 5.26 Å². The van der Waals surface area contributed by atoms with Crippen LogP contribution in [0.2, 0.25) is 5.02 Å². The van der Waals surface area contributed by atoms with Crippen molar-refractivity contribution in [3.8, 4) is 11.8 Å². The average molecular weight is 825 g/mol. The Morgan fingerprint density at radius 1 is 1.00 bits per heavy atom. The maximum Gasteiger partial charge on any atom is 0.264 e. The van der Waals surface area contributed by atoms with Crippen LogP contribution in [-0.4, -0.2) is 115 Å². The first-order chi connectivity index (χ1) is 28.2. The van der Waals surface area contributed by atoms with Crippen molar-refractivity contribution in [2.24, 2.45) is 10.8 Å². The Labute approximate surface area is 348 Å². The zero-order chi connectivity index (χ0) is 42.1. The van der Waals surface area contributed by atoms with Gasteiger partial charge in [0, 0.05) is 87.1 Å². The van der Waals surface area contributed by atoms with E-state index in [9.17, 15) is 29.2 Å². The number of imide groups is 2. The van der Waals surface area contributed by atoms with Gasteiger partial charge in [-0.15, -0.1) is 0 Å².